The topological polar surface area (TPSA) is 66.5 Å². The van der Waals surface area contributed by atoms with E-state index in [9.17, 15) is 13.2 Å². The third-order valence-electron chi connectivity index (χ3n) is 4.05. The third kappa shape index (κ3) is 4.07. The van der Waals surface area contributed by atoms with Crippen molar-refractivity contribution in [1.29, 1.82) is 0 Å². The van der Waals surface area contributed by atoms with Crippen LogP contribution in [-0.2, 0) is 10.0 Å². The summed E-state index contributed by atoms with van der Waals surface area (Å²) in [4.78, 5) is 12.5. The van der Waals surface area contributed by atoms with Crippen LogP contribution < -0.4 is 5.32 Å². The molecule has 0 bridgehead atoms. The van der Waals surface area contributed by atoms with Crippen molar-refractivity contribution in [3.8, 4) is 0 Å². The quantitative estimate of drug-likeness (QED) is 0.688. The number of nitrogens with zero attached hydrogens (tertiary/aromatic N) is 1. The first-order chi connectivity index (χ1) is 12.3. The van der Waals surface area contributed by atoms with Gasteiger partial charge < -0.3 is 5.32 Å². The number of carbonyl (C=O) groups is 1. The highest BCUT2D eigenvalue weighted by molar-refractivity contribution is 9.10. The molecule has 1 heterocycles. The second kappa shape index (κ2) is 7.86. The second-order valence-electron chi connectivity index (χ2n) is 5.84. The van der Waals surface area contributed by atoms with Crippen molar-refractivity contribution in [1.82, 2.24) is 4.31 Å². The van der Waals surface area contributed by atoms with Gasteiger partial charge in [-0.05, 0) is 65.2 Å². The van der Waals surface area contributed by atoms with Crippen LogP contribution in [0.2, 0.25) is 10.0 Å². The van der Waals surface area contributed by atoms with E-state index in [1.54, 1.807) is 18.2 Å². The molecule has 2 aromatic rings. The maximum absolute atomic E-state index is 12.8. The molecule has 9 heteroatoms. The summed E-state index contributed by atoms with van der Waals surface area (Å²) in [6.07, 6.45) is 1.64. The van der Waals surface area contributed by atoms with Gasteiger partial charge in [-0.1, -0.05) is 23.2 Å². The predicted molar refractivity (Wildman–Crippen MR) is 107 cm³/mol. The number of hydrogen-bond acceptors (Lipinski definition) is 3. The molecule has 26 heavy (non-hydrogen) atoms. The van der Waals surface area contributed by atoms with Crippen LogP contribution in [0.5, 0.6) is 0 Å². The molecule has 1 amide bonds. The molecule has 1 aliphatic heterocycles. The first-order valence-corrected chi connectivity index (χ1v) is 10.8. The zero-order chi connectivity index (χ0) is 18.9. The van der Waals surface area contributed by atoms with Gasteiger partial charge in [0.05, 0.1) is 10.0 Å². The Morgan fingerprint density at radius 1 is 1.04 bits per heavy atom. The Morgan fingerprint density at radius 2 is 1.73 bits per heavy atom. The van der Waals surface area contributed by atoms with Gasteiger partial charge in [-0.15, -0.1) is 0 Å². The van der Waals surface area contributed by atoms with Gasteiger partial charge in [-0.2, -0.15) is 4.31 Å². The van der Waals surface area contributed by atoms with Gasteiger partial charge in [-0.25, -0.2) is 8.42 Å². The zero-order valence-electron chi connectivity index (χ0n) is 13.5. The van der Waals surface area contributed by atoms with E-state index in [2.05, 4.69) is 21.2 Å². The molecular weight excluding hydrogens is 463 g/mol. The van der Waals surface area contributed by atoms with Crippen molar-refractivity contribution in [2.75, 3.05) is 18.4 Å². The molecule has 5 nitrogen and oxygen atoms in total. The van der Waals surface area contributed by atoms with Gasteiger partial charge >= 0.3 is 0 Å². The SMILES string of the molecule is O=C(Nc1ccc(Br)c(Cl)c1)c1ccc(Cl)c(S(=O)(=O)N2CCCC2)c1. The van der Waals surface area contributed by atoms with E-state index in [-0.39, 0.29) is 15.5 Å². The Morgan fingerprint density at radius 3 is 2.38 bits per heavy atom. The number of nitrogens with one attached hydrogen (secondary N) is 1. The minimum atomic E-state index is -3.72. The number of hydrogen-bond donors (Lipinski definition) is 1. The molecule has 1 aliphatic rings. The number of benzene rings is 2. The molecule has 0 aromatic heterocycles. The maximum atomic E-state index is 12.8. The van der Waals surface area contributed by atoms with E-state index < -0.39 is 15.9 Å². The average molecular weight is 478 g/mol. The molecule has 0 spiro atoms. The van der Waals surface area contributed by atoms with Crippen LogP contribution in [0.1, 0.15) is 23.2 Å². The molecule has 0 aliphatic carbocycles. The maximum Gasteiger partial charge on any atom is 0.255 e. The van der Waals surface area contributed by atoms with Crippen molar-refractivity contribution in [2.45, 2.75) is 17.7 Å². The largest absolute Gasteiger partial charge is 0.322 e. The van der Waals surface area contributed by atoms with Gasteiger partial charge in [-0.3, -0.25) is 4.79 Å². The van der Waals surface area contributed by atoms with Crippen LogP contribution in [0.4, 0.5) is 5.69 Å². The number of amides is 1. The number of carbonyl (C=O) groups excluding carboxylic acids is 1. The van der Waals surface area contributed by atoms with Crippen molar-refractivity contribution in [3.05, 3.63) is 56.5 Å². The highest BCUT2D eigenvalue weighted by atomic mass is 79.9. The summed E-state index contributed by atoms with van der Waals surface area (Å²) in [5, 5.41) is 3.25. The Hall–Kier alpha value is -1.12. The summed E-state index contributed by atoms with van der Waals surface area (Å²) >= 11 is 15.4. The van der Waals surface area contributed by atoms with Crippen LogP contribution in [0.3, 0.4) is 0 Å². The predicted octanol–water partition coefficient (Wildman–Crippen LogP) is 4.79. The molecular formula is C17H15BrCl2N2O3S. The lowest BCUT2D eigenvalue weighted by Gasteiger charge is -2.17. The third-order valence-corrected chi connectivity index (χ3v) is 7.67. The van der Waals surface area contributed by atoms with Crippen molar-refractivity contribution >= 4 is 60.7 Å². The molecule has 1 N–H and O–H groups in total. The van der Waals surface area contributed by atoms with E-state index in [0.29, 0.717) is 28.3 Å². The highest BCUT2D eigenvalue weighted by Gasteiger charge is 2.29. The normalized spacial score (nSPS) is 15.2. The van der Waals surface area contributed by atoms with Crippen LogP contribution in [0, 0.1) is 0 Å². The minimum absolute atomic E-state index is 0.0532. The minimum Gasteiger partial charge on any atom is -0.322 e. The molecule has 2 aromatic carbocycles. The molecule has 1 fully saturated rings. The fourth-order valence-corrected chi connectivity index (χ4v) is 5.13. The number of sulfonamides is 1. The number of halogens is 3. The van der Waals surface area contributed by atoms with Gasteiger partial charge in [0.25, 0.3) is 5.91 Å². The standard InChI is InChI=1S/C17H15BrCl2N2O3S/c18-13-5-4-12(10-15(13)20)21-17(23)11-3-6-14(19)16(9-11)26(24,25)22-7-1-2-8-22/h3-6,9-10H,1-2,7-8H2,(H,21,23). The van der Waals surface area contributed by atoms with E-state index >= 15 is 0 Å². The Kier molecular flexibility index (Phi) is 5.94. The molecule has 0 saturated carbocycles. The Balaban J connectivity index is 1.89. The summed E-state index contributed by atoms with van der Waals surface area (Å²) in [7, 11) is -3.72. The lowest BCUT2D eigenvalue weighted by atomic mass is 10.2. The van der Waals surface area contributed by atoms with Crippen molar-refractivity contribution < 1.29 is 13.2 Å². The second-order valence-corrected chi connectivity index (χ2v) is 9.41. The van der Waals surface area contributed by atoms with E-state index in [1.807, 2.05) is 0 Å². The Labute approximate surface area is 170 Å². The molecule has 0 radical (unpaired) electrons. The van der Waals surface area contributed by atoms with Crippen LogP contribution in [-0.4, -0.2) is 31.7 Å². The summed E-state index contributed by atoms with van der Waals surface area (Å²) in [5.74, 6) is -0.446. The smallest absolute Gasteiger partial charge is 0.255 e. The van der Waals surface area contributed by atoms with E-state index in [0.717, 1.165) is 12.8 Å². The lowest BCUT2D eigenvalue weighted by molar-refractivity contribution is 0.102. The molecule has 0 unspecified atom stereocenters. The molecule has 1 saturated heterocycles. The van der Waals surface area contributed by atoms with Crippen LogP contribution in [0.25, 0.3) is 0 Å². The van der Waals surface area contributed by atoms with Crippen molar-refractivity contribution in [2.24, 2.45) is 0 Å². The number of anilines is 1. The van der Waals surface area contributed by atoms with E-state index in [4.69, 9.17) is 23.2 Å². The lowest BCUT2D eigenvalue weighted by Crippen LogP contribution is -2.28. The van der Waals surface area contributed by atoms with Gasteiger partial charge in [0, 0.05) is 28.8 Å². The van der Waals surface area contributed by atoms with Crippen molar-refractivity contribution in [3.63, 3.8) is 0 Å². The zero-order valence-corrected chi connectivity index (χ0v) is 17.4. The van der Waals surface area contributed by atoms with E-state index in [1.165, 1.54) is 22.5 Å². The molecule has 0 atom stereocenters. The van der Waals surface area contributed by atoms with Gasteiger partial charge in [0.1, 0.15) is 4.90 Å². The van der Waals surface area contributed by atoms with Crippen LogP contribution >= 0.6 is 39.1 Å². The highest BCUT2D eigenvalue weighted by Crippen LogP contribution is 2.29. The first-order valence-electron chi connectivity index (χ1n) is 7.85. The van der Waals surface area contributed by atoms with Gasteiger partial charge in [0.2, 0.25) is 10.0 Å². The average Bonchev–Trinajstić information content (AvgIpc) is 3.14. The Bertz CT molecular complexity index is 960. The molecule has 3 rings (SSSR count). The monoisotopic (exact) mass is 476 g/mol. The summed E-state index contributed by atoms with van der Waals surface area (Å²) in [5.41, 5.74) is 0.702. The number of rotatable bonds is 4. The van der Waals surface area contributed by atoms with Crippen LogP contribution in [0.15, 0.2) is 45.8 Å². The first kappa shape index (κ1) is 19.6. The molecule has 138 valence electrons. The summed E-state index contributed by atoms with van der Waals surface area (Å²) < 4.78 is 27.6. The summed E-state index contributed by atoms with van der Waals surface area (Å²) in [6, 6.07) is 9.22. The fourth-order valence-electron chi connectivity index (χ4n) is 2.69. The van der Waals surface area contributed by atoms with Gasteiger partial charge in [0.15, 0.2) is 0 Å². The summed E-state index contributed by atoms with van der Waals surface area (Å²) in [6.45, 7) is 0.930. The fraction of sp³-hybridized carbons (Fsp3) is 0.235.